The van der Waals surface area contributed by atoms with Gasteiger partial charge in [0.1, 0.15) is 5.69 Å². The number of pyridine rings is 1. The Balaban J connectivity index is 1.87. The molecular weight excluding hydrogens is 320 g/mol. The van der Waals surface area contributed by atoms with Crippen molar-refractivity contribution in [1.29, 1.82) is 0 Å². The lowest BCUT2D eigenvalue weighted by atomic mass is 10.2. The number of carbonyl (C=O) groups excluding carboxylic acids is 1. The molecule has 3 heterocycles. The molecule has 1 fully saturated rings. The van der Waals surface area contributed by atoms with E-state index in [1.54, 1.807) is 40.6 Å². The van der Waals surface area contributed by atoms with Crippen molar-refractivity contribution in [3.05, 3.63) is 52.5 Å². The fraction of sp³-hybridized carbons (Fsp3) is 0.333. The van der Waals surface area contributed by atoms with Crippen LogP contribution in [0.25, 0.3) is 0 Å². The van der Waals surface area contributed by atoms with Crippen LogP contribution < -0.4 is 0 Å². The van der Waals surface area contributed by atoms with Gasteiger partial charge in [0.15, 0.2) is 9.84 Å². The van der Waals surface area contributed by atoms with Crippen LogP contribution in [0.15, 0.2) is 41.9 Å². The third-order valence-electron chi connectivity index (χ3n) is 3.70. The molecular formula is C15H16N2O3S2. The van der Waals surface area contributed by atoms with Crippen molar-refractivity contribution in [3.63, 3.8) is 0 Å². The van der Waals surface area contributed by atoms with Gasteiger partial charge in [0.05, 0.1) is 18.1 Å². The second-order valence-corrected chi connectivity index (χ2v) is 8.55. The zero-order valence-corrected chi connectivity index (χ0v) is 13.5. The van der Waals surface area contributed by atoms with Gasteiger partial charge >= 0.3 is 0 Å². The van der Waals surface area contributed by atoms with Crippen molar-refractivity contribution in [3.8, 4) is 0 Å². The molecule has 2 aromatic heterocycles. The van der Waals surface area contributed by atoms with Crippen LogP contribution >= 0.6 is 11.3 Å². The molecule has 0 aliphatic carbocycles. The highest BCUT2D eigenvalue weighted by Gasteiger charge is 2.35. The molecule has 3 rings (SSSR count). The molecule has 0 N–H and O–H groups in total. The van der Waals surface area contributed by atoms with Crippen LogP contribution in [0.2, 0.25) is 0 Å². The molecule has 0 saturated carbocycles. The third-order valence-corrected chi connectivity index (χ3v) is 6.31. The van der Waals surface area contributed by atoms with Gasteiger partial charge in [-0.2, -0.15) is 0 Å². The number of amides is 1. The maximum absolute atomic E-state index is 12.7. The number of rotatable bonds is 4. The van der Waals surface area contributed by atoms with Crippen LogP contribution in [0.3, 0.4) is 0 Å². The highest BCUT2D eigenvalue weighted by molar-refractivity contribution is 7.91. The summed E-state index contributed by atoms with van der Waals surface area (Å²) < 4.78 is 23.5. The van der Waals surface area contributed by atoms with Gasteiger partial charge in [-0.25, -0.2) is 8.42 Å². The predicted octanol–water partition coefficient (Wildman–Crippen LogP) is 1.97. The van der Waals surface area contributed by atoms with E-state index in [-0.39, 0.29) is 23.5 Å². The monoisotopic (exact) mass is 336 g/mol. The van der Waals surface area contributed by atoms with Gasteiger partial charge in [-0.1, -0.05) is 12.1 Å². The largest absolute Gasteiger partial charge is 0.328 e. The normalized spacial score (nSPS) is 19.9. The fourth-order valence-corrected chi connectivity index (χ4v) is 5.03. The van der Waals surface area contributed by atoms with Crippen molar-refractivity contribution in [2.45, 2.75) is 19.0 Å². The molecule has 1 aliphatic heterocycles. The number of hydrogen-bond acceptors (Lipinski definition) is 5. The number of nitrogens with zero attached hydrogens (tertiary/aromatic N) is 2. The number of hydrogen-bond donors (Lipinski definition) is 0. The summed E-state index contributed by atoms with van der Waals surface area (Å²) in [6.07, 6.45) is 2.06. The maximum atomic E-state index is 12.7. The second-order valence-electron chi connectivity index (χ2n) is 5.28. The Morgan fingerprint density at radius 3 is 2.77 bits per heavy atom. The summed E-state index contributed by atoms with van der Waals surface area (Å²) in [5.74, 6) is -0.0264. The van der Waals surface area contributed by atoms with E-state index in [1.165, 1.54) is 0 Å². The number of sulfone groups is 1. The lowest BCUT2D eigenvalue weighted by molar-refractivity contribution is 0.0677. The Labute approximate surface area is 133 Å². The van der Waals surface area contributed by atoms with Gasteiger partial charge in [-0.15, -0.1) is 11.3 Å². The summed E-state index contributed by atoms with van der Waals surface area (Å²) in [5.41, 5.74) is 0.350. The molecule has 0 bridgehead atoms. The predicted molar refractivity (Wildman–Crippen MR) is 85.5 cm³/mol. The van der Waals surface area contributed by atoms with E-state index in [1.807, 2.05) is 17.5 Å². The molecule has 0 radical (unpaired) electrons. The second kappa shape index (κ2) is 6.18. The highest BCUT2D eigenvalue weighted by Crippen LogP contribution is 2.23. The van der Waals surface area contributed by atoms with Gasteiger partial charge in [0.25, 0.3) is 5.91 Å². The summed E-state index contributed by atoms with van der Waals surface area (Å²) in [5, 5.41) is 1.95. The summed E-state index contributed by atoms with van der Waals surface area (Å²) in [7, 11) is -3.05. The van der Waals surface area contributed by atoms with Gasteiger partial charge in [-0.3, -0.25) is 9.78 Å². The van der Waals surface area contributed by atoms with Crippen molar-refractivity contribution in [2.75, 3.05) is 11.5 Å². The van der Waals surface area contributed by atoms with E-state index >= 15 is 0 Å². The molecule has 1 amide bonds. The van der Waals surface area contributed by atoms with Gasteiger partial charge in [0.2, 0.25) is 0 Å². The van der Waals surface area contributed by atoms with E-state index in [9.17, 15) is 13.2 Å². The lowest BCUT2D eigenvalue weighted by Gasteiger charge is -2.27. The standard InChI is InChI=1S/C15H16N2O3S2/c18-15(14-5-1-2-7-16-14)17(10-13-4-3-8-21-13)12-6-9-22(19,20)11-12/h1-5,7-8,12H,6,9-11H2/t12-/m0/s1. The topological polar surface area (TPSA) is 67.3 Å². The minimum Gasteiger partial charge on any atom is -0.328 e. The van der Waals surface area contributed by atoms with E-state index in [4.69, 9.17) is 0 Å². The quantitative estimate of drug-likeness (QED) is 0.856. The van der Waals surface area contributed by atoms with Crippen LogP contribution in [-0.4, -0.2) is 41.8 Å². The van der Waals surface area contributed by atoms with E-state index in [0.717, 1.165) is 4.88 Å². The first-order valence-corrected chi connectivity index (χ1v) is 9.70. The Morgan fingerprint density at radius 1 is 1.32 bits per heavy atom. The lowest BCUT2D eigenvalue weighted by Crippen LogP contribution is -2.40. The summed E-state index contributed by atoms with van der Waals surface area (Å²) in [4.78, 5) is 19.5. The van der Waals surface area contributed by atoms with Gasteiger partial charge in [0, 0.05) is 17.1 Å². The van der Waals surface area contributed by atoms with E-state index in [2.05, 4.69) is 4.98 Å². The number of carbonyl (C=O) groups is 1. The van der Waals surface area contributed by atoms with Crippen LogP contribution in [0.5, 0.6) is 0 Å². The Bertz CT molecular complexity index is 742. The summed E-state index contributed by atoms with van der Waals surface area (Å²) in [6, 6.07) is 8.77. The van der Waals surface area contributed by atoms with Gasteiger partial charge < -0.3 is 4.90 Å². The molecule has 0 aromatic carbocycles. The van der Waals surface area contributed by atoms with E-state index in [0.29, 0.717) is 18.7 Å². The molecule has 1 atom stereocenters. The van der Waals surface area contributed by atoms with Crippen LogP contribution in [0.1, 0.15) is 21.8 Å². The minimum atomic E-state index is -3.05. The Hall–Kier alpha value is -1.73. The zero-order chi connectivity index (χ0) is 15.6. The molecule has 1 saturated heterocycles. The zero-order valence-electron chi connectivity index (χ0n) is 11.9. The molecule has 22 heavy (non-hydrogen) atoms. The first-order valence-electron chi connectivity index (χ1n) is 7.00. The fourth-order valence-electron chi connectivity index (χ4n) is 2.59. The summed E-state index contributed by atoms with van der Waals surface area (Å²) in [6.45, 7) is 0.424. The SMILES string of the molecule is O=C(c1ccccn1)N(Cc1cccs1)[C@H]1CCS(=O)(=O)C1. The highest BCUT2D eigenvalue weighted by atomic mass is 32.2. The third kappa shape index (κ3) is 3.36. The number of thiophene rings is 1. The van der Waals surface area contributed by atoms with Crippen LogP contribution in [0, 0.1) is 0 Å². The first kappa shape index (κ1) is 15.2. The molecule has 1 aliphatic rings. The average molecular weight is 336 g/mol. The summed E-state index contributed by atoms with van der Waals surface area (Å²) >= 11 is 1.56. The molecule has 0 unspecified atom stereocenters. The van der Waals surface area contributed by atoms with E-state index < -0.39 is 9.84 Å². The molecule has 5 nitrogen and oxygen atoms in total. The Kier molecular flexibility index (Phi) is 4.26. The van der Waals surface area contributed by atoms with Gasteiger partial charge in [-0.05, 0) is 30.0 Å². The van der Waals surface area contributed by atoms with Crippen molar-refractivity contribution < 1.29 is 13.2 Å². The molecule has 2 aromatic rings. The molecule has 0 spiro atoms. The number of aromatic nitrogens is 1. The molecule has 7 heteroatoms. The van der Waals surface area contributed by atoms with Crippen molar-refractivity contribution in [1.82, 2.24) is 9.88 Å². The maximum Gasteiger partial charge on any atom is 0.273 e. The average Bonchev–Trinajstić information content (AvgIpc) is 3.14. The van der Waals surface area contributed by atoms with Crippen molar-refractivity contribution in [2.24, 2.45) is 0 Å². The first-order chi connectivity index (χ1) is 10.6. The minimum absolute atomic E-state index is 0.0386. The smallest absolute Gasteiger partial charge is 0.273 e. The van der Waals surface area contributed by atoms with Crippen molar-refractivity contribution >= 4 is 27.1 Å². The van der Waals surface area contributed by atoms with Crippen LogP contribution in [-0.2, 0) is 16.4 Å². The molecule has 116 valence electrons. The van der Waals surface area contributed by atoms with Crippen LogP contribution in [0.4, 0.5) is 0 Å². The Morgan fingerprint density at radius 2 is 2.18 bits per heavy atom.